The van der Waals surface area contributed by atoms with Crippen LogP contribution < -0.4 is 14.4 Å². The molecular weight excluding hydrogens is 736 g/mol. The van der Waals surface area contributed by atoms with Crippen LogP contribution in [0.4, 0.5) is 5.69 Å². The standard InChI is InChI=1S/C38H56N4O14/c1-49-20-7-18-39-19-23-50-33-17-12-28(24-32(33)39)27-51-34-25-40(36(43)10-5-21-52-41(45)46)26-35(56-37(44)11-6-22-53-42(47)48)38(34)55-31-15-13-30(14-16-31)54-29-8-3-2-4-9-29/h2-4,8-9,12,17,24,30-31,34-35,38,45-48H,5-7,10-11,13-16,18-23,25-27H2,1H3. The molecule has 5 rings (SSSR count). The van der Waals surface area contributed by atoms with Gasteiger partial charge < -0.3 is 38.2 Å². The van der Waals surface area contributed by atoms with Gasteiger partial charge in [-0.25, -0.2) is 0 Å². The summed E-state index contributed by atoms with van der Waals surface area (Å²) in [5, 5.41) is 34.7. The van der Waals surface area contributed by atoms with Gasteiger partial charge in [0, 0.05) is 39.6 Å². The van der Waals surface area contributed by atoms with Crippen molar-refractivity contribution in [3.8, 4) is 11.5 Å². The van der Waals surface area contributed by atoms with Gasteiger partial charge in [-0.15, -0.1) is 0 Å². The number of methoxy groups -OCH3 is 1. The van der Waals surface area contributed by atoms with E-state index in [2.05, 4.69) is 14.6 Å². The van der Waals surface area contributed by atoms with Crippen molar-refractivity contribution in [3.63, 3.8) is 0 Å². The Balaban J connectivity index is 1.32. The van der Waals surface area contributed by atoms with Crippen LogP contribution in [0, 0.1) is 0 Å². The number of anilines is 1. The van der Waals surface area contributed by atoms with E-state index in [9.17, 15) is 9.59 Å². The zero-order chi connectivity index (χ0) is 39.7. The van der Waals surface area contributed by atoms with Gasteiger partial charge in [0.15, 0.2) is 0 Å². The van der Waals surface area contributed by atoms with Gasteiger partial charge in [-0.3, -0.25) is 40.1 Å². The first-order valence-electron chi connectivity index (χ1n) is 19.3. The summed E-state index contributed by atoms with van der Waals surface area (Å²) in [6, 6.07) is 15.6. The molecular formula is C38H56N4O14. The van der Waals surface area contributed by atoms with Gasteiger partial charge in [0.2, 0.25) is 5.91 Å². The number of fused-ring (bicyclic) bond motifs is 1. The molecule has 0 radical (unpaired) electrons. The summed E-state index contributed by atoms with van der Waals surface area (Å²) in [6.45, 7) is 2.90. The van der Waals surface area contributed by atoms with Crippen molar-refractivity contribution >= 4 is 17.6 Å². The van der Waals surface area contributed by atoms with Crippen LogP contribution in [-0.4, -0.2) is 139 Å². The Bertz CT molecular complexity index is 1470. The SMILES string of the molecule is COCCCN1CCOc2ccc(COC3CN(C(=O)CCCON(O)O)CC(OC(=O)CCCON(O)O)C3OC3CCC(Oc4ccccc4)CC3)cc21. The maximum absolute atomic E-state index is 13.5. The number of benzene rings is 2. The van der Waals surface area contributed by atoms with E-state index < -0.39 is 35.1 Å². The topological polar surface area (TPSA) is 202 Å². The van der Waals surface area contributed by atoms with Crippen molar-refractivity contribution in [2.24, 2.45) is 0 Å². The number of para-hydroxylation sites is 1. The number of rotatable bonds is 22. The van der Waals surface area contributed by atoms with Gasteiger partial charge >= 0.3 is 5.97 Å². The summed E-state index contributed by atoms with van der Waals surface area (Å²) in [4.78, 5) is 39.8. The second-order valence-corrected chi connectivity index (χ2v) is 14.0. The molecule has 56 heavy (non-hydrogen) atoms. The van der Waals surface area contributed by atoms with Gasteiger partial charge in [0.1, 0.15) is 36.4 Å². The fourth-order valence-electron chi connectivity index (χ4n) is 7.15. The Hall–Kier alpha value is -3.66. The Morgan fingerprint density at radius 2 is 1.54 bits per heavy atom. The van der Waals surface area contributed by atoms with E-state index in [4.69, 9.17) is 49.3 Å². The largest absolute Gasteiger partial charge is 0.490 e. The summed E-state index contributed by atoms with van der Waals surface area (Å²) >= 11 is 0. The second kappa shape index (κ2) is 22.9. The summed E-state index contributed by atoms with van der Waals surface area (Å²) < 4.78 is 36.9. The first-order chi connectivity index (χ1) is 27.2. The summed E-state index contributed by atoms with van der Waals surface area (Å²) in [5.74, 6) is 0.761. The average Bonchev–Trinajstić information content (AvgIpc) is 3.19. The van der Waals surface area contributed by atoms with E-state index >= 15 is 0 Å². The van der Waals surface area contributed by atoms with Crippen molar-refractivity contribution in [2.75, 3.05) is 64.6 Å². The Morgan fingerprint density at radius 1 is 0.839 bits per heavy atom. The summed E-state index contributed by atoms with van der Waals surface area (Å²) in [7, 11) is 1.69. The number of hydrogen-bond donors (Lipinski definition) is 4. The van der Waals surface area contributed by atoms with Crippen LogP contribution in [0.25, 0.3) is 0 Å². The van der Waals surface area contributed by atoms with Gasteiger partial charge in [-0.05, 0) is 74.8 Å². The van der Waals surface area contributed by atoms with Crippen LogP contribution in [-0.2, 0) is 44.8 Å². The Morgan fingerprint density at radius 3 is 2.25 bits per heavy atom. The fourth-order valence-corrected chi connectivity index (χ4v) is 7.15. The van der Waals surface area contributed by atoms with Crippen molar-refractivity contribution in [1.29, 1.82) is 0 Å². The zero-order valence-electron chi connectivity index (χ0n) is 31.9. The molecule has 2 aromatic rings. The van der Waals surface area contributed by atoms with Crippen molar-refractivity contribution in [2.45, 2.75) is 94.9 Å². The average molecular weight is 793 g/mol. The highest BCUT2D eigenvalue weighted by molar-refractivity contribution is 5.76. The van der Waals surface area contributed by atoms with Crippen LogP contribution in [0.5, 0.6) is 11.5 Å². The van der Waals surface area contributed by atoms with Crippen molar-refractivity contribution < 1.29 is 68.5 Å². The second-order valence-electron chi connectivity index (χ2n) is 14.0. The molecule has 18 nitrogen and oxygen atoms in total. The van der Waals surface area contributed by atoms with Crippen molar-refractivity contribution in [1.82, 2.24) is 15.7 Å². The van der Waals surface area contributed by atoms with E-state index in [0.717, 1.165) is 55.1 Å². The zero-order valence-corrected chi connectivity index (χ0v) is 31.9. The van der Waals surface area contributed by atoms with E-state index in [1.807, 2.05) is 48.5 Å². The number of carbonyl (C=O) groups excluding carboxylic acids is 2. The molecule has 2 fully saturated rings. The molecule has 0 bridgehead atoms. The van der Waals surface area contributed by atoms with Gasteiger partial charge in [-0.1, -0.05) is 24.3 Å². The summed E-state index contributed by atoms with van der Waals surface area (Å²) in [5.41, 5.74) is 1.85. The maximum Gasteiger partial charge on any atom is 0.306 e. The van der Waals surface area contributed by atoms with Gasteiger partial charge in [0.05, 0.1) is 61.6 Å². The Kier molecular flexibility index (Phi) is 17.8. The molecule has 1 saturated heterocycles. The third-order valence-corrected chi connectivity index (χ3v) is 9.88. The summed E-state index contributed by atoms with van der Waals surface area (Å²) in [6.07, 6.45) is 1.59. The first kappa shape index (κ1) is 43.5. The number of likely N-dealkylation sites (tertiary alicyclic amines) is 1. The lowest BCUT2D eigenvalue weighted by atomic mass is 9.93. The molecule has 3 unspecified atom stereocenters. The third kappa shape index (κ3) is 14.1. The number of carbonyl (C=O) groups is 2. The lowest BCUT2D eigenvalue weighted by Crippen LogP contribution is -2.60. The number of hydrogen-bond acceptors (Lipinski definition) is 17. The van der Waals surface area contributed by atoms with Gasteiger partial charge in [-0.2, -0.15) is 0 Å². The molecule has 3 aliphatic rings. The normalized spacial score (nSPS) is 22.5. The smallest absolute Gasteiger partial charge is 0.306 e. The van der Waals surface area contributed by atoms with Gasteiger partial charge in [0.25, 0.3) is 0 Å². The molecule has 4 N–H and O–H groups in total. The first-order valence-corrected chi connectivity index (χ1v) is 19.3. The third-order valence-electron chi connectivity index (χ3n) is 9.88. The number of amides is 1. The monoisotopic (exact) mass is 792 g/mol. The quantitative estimate of drug-likeness (QED) is 0.0759. The molecule has 312 valence electrons. The molecule has 18 heteroatoms. The predicted molar refractivity (Wildman–Crippen MR) is 195 cm³/mol. The lowest BCUT2D eigenvalue weighted by molar-refractivity contribution is -0.492. The molecule has 0 aromatic heterocycles. The minimum absolute atomic E-state index is 0.0259. The number of esters is 1. The highest BCUT2D eigenvalue weighted by Gasteiger charge is 2.44. The molecule has 3 atom stereocenters. The molecule has 1 amide bonds. The minimum atomic E-state index is -0.897. The molecule has 2 aliphatic heterocycles. The molecule has 2 aromatic carbocycles. The van der Waals surface area contributed by atoms with Crippen LogP contribution in [0.2, 0.25) is 0 Å². The fraction of sp³-hybridized carbons (Fsp3) is 0.632. The van der Waals surface area contributed by atoms with Crippen LogP contribution in [0.1, 0.15) is 63.4 Å². The van der Waals surface area contributed by atoms with Crippen LogP contribution >= 0.6 is 0 Å². The lowest BCUT2D eigenvalue weighted by Gasteiger charge is -2.44. The molecule has 1 saturated carbocycles. The number of ether oxygens (including phenoxy) is 6. The molecule has 1 aliphatic carbocycles. The predicted octanol–water partition coefficient (Wildman–Crippen LogP) is 3.92. The number of nitrogens with zero attached hydrogens (tertiary/aromatic N) is 4. The molecule has 0 spiro atoms. The number of piperidine rings is 1. The maximum atomic E-state index is 13.5. The van der Waals surface area contributed by atoms with Crippen LogP contribution in [0.3, 0.4) is 0 Å². The van der Waals surface area contributed by atoms with Crippen molar-refractivity contribution in [3.05, 3.63) is 54.1 Å². The highest BCUT2D eigenvalue weighted by Crippen LogP contribution is 2.34. The van der Waals surface area contributed by atoms with E-state index in [0.29, 0.717) is 26.1 Å². The van der Waals surface area contributed by atoms with E-state index in [1.54, 1.807) is 12.0 Å². The molecule has 2 heterocycles. The van der Waals surface area contributed by atoms with E-state index in [-0.39, 0.29) is 76.7 Å². The Labute approximate surface area is 326 Å². The van der Waals surface area contributed by atoms with Crippen LogP contribution in [0.15, 0.2) is 48.5 Å². The highest BCUT2D eigenvalue weighted by atomic mass is 17.1. The van der Waals surface area contributed by atoms with E-state index in [1.165, 1.54) is 0 Å². The minimum Gasteiger partial charge on any atom is -0.490 e.